The molecule has 0 aliphatic heterocycles. The van der Waals surface area contributed by atoms with Gasteiger partial charge in [0.2, 0.25) is 0 Å². The largest absolute Gasteiger partial charge is 0.468 e. The van der Waals surface area contributed by atoms with E-state index in [0.29, 0.717) is 6.04 Å². The van der Waals surface area contributed by atoms with Gasteiger partial charge in [-0.25, -0.2) is 9.48 Å². The summed E-state index contributed by atoms with van der Waals surface area (Å²) in [5.41, 5.74) is 1.73. The molecule has 3 rings (SSSR count). The number of nitrogens with zero attached hydrogens (tertiary/aromatic N) is 3. The first-order valence-corrected chi connectivity index (χ1v) is 8.66. The zero-order valence-electron chi connectivity index (χ0n) is 15.0. The zero-order valence-corrected chi connectivity index (χ0v) is 15.0. The van der Waals surface area contributed by atoms with Gasteiger partial charge in [0, 0.05) is 18.8 Å². The summed E-state index contributed by atoms with van der Waals surface area (Å²) in [6, 6.07) is 11.5. The summed E-state index contributed by atoms with van der Waals surface area (Å²) in [6.45, 7) is 2.73. The second kappa shape index (κ2) is 7.80. The van der Waals surface area contributed by atoms with Crippen molar-refractivity contribution in [3.63, 3.8) is 0 Å². The van der Waals surface area contributed by atoms with Crippen LogP contribution in [-0.2, 0) is 14.3 Å². The Labute approximate surface area is 148 Å². The van der Waals surface area contributed by atoms with Crippen molar-refractivity contribution in [3.05, 3.63) is 48.3 Å². The number of para-hydroxylation sites is 1. The molecule has 1 aromatic carbocycles. The third-order valence-electron chi connectivity index (χ3n) is 4.83. The molecule has 1 aliphatic carbocycles. The van der Waals surface area contributed by atoms with E-state index < -0.39 is 6.04 Å². The van der Waals surface area contributed by atoms with Crippen LogP contribution in [0, 0.1) is 0 Å². The van der Waals surface area contributed by atoms with E-state index in [1.54, 1.807) is 10.9 Å². The van der Waals surface area contributed by atoms with Gasteiger partial charge in [-0.1, -0.05) is 18.2 Å². The highest BCUT2D eigenvalue weighted by molar-refractivity contribution is 5.77. The molecule has 6 nitrogen and oxygen atoms in total. The van der Waals surface area contributed by atoms with Crippen molar-refractivity contribution < 1.29 is 14.3 Å². The summed E-state index contributed by atoms with van der Waals surface area (Å²) >= 11 is 0. The van der Waals surface area contributed by atoms with E-state index in [-0.39, 0.29) is 12.1 Å². The van der Waals surface area contributed by atoms with Crippen LogP contribution >= 0.6 is 0 Å². The maximum Gasteiger partial charge on any atom is 0.329 e. The topological polar surface area (TPSA) is 56.6 Å². The molecule has 0 saturated heterocycles. The van der Waals surface area contributed by atoms with Crippen molar-refractivity contribution in [2.75, 3.05) is 20.8 Å². The van der Waals surface area contributed by atoms with Crippen LogP contribution in [0.2, 0.25) is 0 Å². The molecule has 1 aromatic heterocycles. The summed E-state index contributed by atoms with van der Waals surface area (Å²) in [5, 5.41) is 4.41. The van der Waals surface area contributed by atoms with Crippen molar-refractivity contribution in [1.82, 2.24) is 14.7 Å². The molecular formula is C19H25N3O3. The van der Waals surface area contributed by atoms with E-state index >= 15 is 0 Å². The van der Waals surface area contributed by atoms with Crippen LogP contribution in [0.5, 0.6) is 0 Å². The molecule has 1 fully saturated rings. The van der Waals surface area contributed by atoms with Gasteiger partial charge in [-0.15, -0.1) is 0 Å². The second-order valence-corrected chi connectivity index (χ2v) is 6.30. The van der Waals surface area contributed by atoms with E-state index in [0.717, 1.165) is 30.8 Å². The highest BCUT2D eigenvalue weighted by Crippen LogP contribution is 2.34. The predicted molar refractivity (Wildman–Crippen MR) is 94.5 cm³/mol. The Morgan fingerprint density at radius 1 is 1.32 bits per heavy atom. The molecule has 1 saturated carbocycles. The monoisotopic (exact) mass is 343 g/mol. The van der Waals surface area contributed by atoms with Gasteiger partial charge in [-0.2, -0.15) is 5.10 Å². The van der Waals surface area contributed by atoms with E-state index in [9.17, 15) is 4.79 Å². The molecule has 134 valence electrons. The van der Waals surface area contributed by atoms with Gasteiger partial charge in [0.25, 0.3) is 0 Å². The minimum atomic E-state index is -0.500. The van der Waals surface area contributed by atoms with E-state index in [4.69, 9.17) is 9.47 Å². The van der Waals surface area contributed by atoms with Crippen LogP contribution in [0.3, 0.4) is 0 Å². The Morgan fingerprint density at radius 2 is 2.04 bits per heavy atom. The number of ether oxygens (including phenoxy) is 2. The van der Waals surface area contributed by atoms with Gasteiger partial charge in [0.05, 0.1) is 24.6 Å². The molecule has 6 heteroatoms. The Hall–Kier alpha value is -2.18. The Balaban J connectivity index is 1.86. The first-order chi connectivity index (χ1) is 12.2. The molecule has 0 spiro atoms. The first kappa shape index (κ1) is 17.6. The number of hydrogen-bond donors (Lipinski definition) is 0. The quantitative estimate of drug-likeness (QED) is 0.723. The standard InChI is InChI=1S/C19H25N3O3/c1-4-25-16-12-15(13-16)21(2)18(19(23)24-3)17-10-11-20-22(17)14-8-6-5-7-9-14/h5-11,15-16,18H,4,12-13H2,1-3H3. The smallest absolute Gasteiger partial charge is 0.329 e. The fourth-order valence-corrected chi connectivity index (χ4v) is 3.37. The molecule has 1 atom stereocenters. The molecule has 0 radical (unpaired) electrons. The van der Waals surface area contributed by atoms with Crippen LogP contribution in [0.15, 0.2) is 42.6 Å². The summed E-state index contributed by atoms with van der Waals surface area (Å²) in [4.78, 5) is 14.6. The van der Waals surface area contributed by atoms with E-state index in [1.807, 2.05) is 50.4 Å². The highest BCUT2D eigenvalue weighted by Gasteiger charge is 2.40. The zero-order chi connectivity index (χ0) is 17.8. The first-order valence-electron chi connectivity index (χ1n) is 8.66. The fourth-order valence-electron chi connectivity index (χ4n) is 3.37. The lowest BCUT2D eigenvalue weighted by Gasteiger charge is -2.43. The van der Waals surface area contributed by atoms with Crippen molar-refractivity contribution in [2.45, 2.75) is 38.0 Å². The number of hydrogen-bond acceptors (Lipinski definition) is 5. The Kier molecular flexibility index (Phi) is 5.50. The SMILES string of the molecule is CCOC1CC(N(C)C(C(=O)OC)c2ccnn2-c2ccccc2)C1. The minimum absolute atomic E-state index is 0.278. The Bertz CT molecular complexity index is 695. The number of aromatic nitrogens is 2. The summed E-state index contributed by atoms with van der Waals surface area (Å²) in [7, 11) is 3.40. The van der Waals surface area contributed by atoms with Gasteiger partial charge >= 0.3 is 5.97 Å². The number of rotatable bonds is 7. The van der Waals surface area contributed by atoms with Crippen LogP contribution in [0.25, 0.3) is 5.69 Å². The maximum atomic E-state index is 12.6. The van der Waals surface area contributed by atoms with Gasteiger partial charge in [-0.3, -0.25) is 4.90 Å². The molecule has 1 aliphatic rings. The number of carbonyl (C=O) groups is 1. The lowest BCUT2D eigenvalue weighted by molar-refractivity contribution is -0.150. The molecule has 0 N–H and O–H groups in total. The van der Waals surface area contributed by atoms with Crippen LogP contribution < -0.4 is 0 Å². The van der Waals surface area contributed by atoms with Crippen molar-refractivity contribution in [2.24, 2.45) is 0 Å². The molecule has 1 unspecified atom stereocenters. The fraction of sp³-hybridized carbons (Fsp3) is 0.474. The summed E-state index contributed by atoms with van der Waals surface area (Å²) in [6.07, 6.45) is 3.86. The normalized spacial score (nSPS) is 21.0. The lowest BCUT2D eigenvalue weighted by atomic mass is 9.87. The third-order valence-corrected chi connectivity index (χ3v) is 4.83. The molecule has 0 amide bonds. The second-order valence-electron chi connectivity index (χ2n) is 6.30. The van der Waals surface area contributed by atoms with E-state index in [1.165, 1.54) is 7.11 Å². The average Bonchev–Trinajstić information content (AvgIpc) is 3.07. The number of carbonyl (C=O) groups excluding carboxylic acids is 1. The molecule has 0 bridgehead atoms. The number of methoxy groups -OCH3 is 1. The van der Waals surface area contributed by atoms with Gasteiger partial charge in [0.15, 0.2) is 6.04 Å². The minimum Gasteiger partial charge on any atom is -0.468 e. The van der Waals surface area contributed by atoms with Gasteiger partial charge < -0.3 is 9.47 Å². The maximum absolute atomic E-state index is 12.6. The van der Waals surface area contributed by atoms with Crippen molar-refractivity contribution in [3.8, 4) is 5.69 Å². The van der Waals surface area contributed by atoms with Crippen molar-refractivity contribution in [1.29, 1.82) is 0 Å². The van der Waals surface area contributed by atoms with Gasteiger partial charge in [0.1, 0.15) is 0 Å². The third kappa shape index (κ3) is 3.60. The van der Waals surface area contributed by atoms with Crippen LogP contribution in [0.1, 0.15) is 31.5 Å². The summed E-state index contributed by atoms with van der Waals surface area (Å²) in [5.74, 6) is -0.278. The van der Waals surface area contributed by atoms with Crippen molar-refractivity contribution >= 4 is 5.97 Å². The number of esters is 1. The predicted octanol–water partition coefficient (Wildman–Crippen LogP) is 2.59. The lowest BCUT2D eigenvalue weighted by Crippen LogP contribution is -2.49. The van der Waals surface area contributed by atoms with Crippen LogP contribution in [-0.4, -0.2) is 53.6 Å². The summed E-state index contributed by atoms with van der Waals surface area (Å²) < 4.78 is 12.5. The van der Waals surface area contributed by atoms with Gasteiger partial charge in [-0.05, 0) is 45.0 Å². The molecule has 2 aromatic rings. The molecular weight excluding hydrogens is 318 g/mol. The Morgan fingerprint density at radius 3 is 2.68 bits per heavy atom. The molecule has 1 heterocycles. The number of likely N-dealkylation sites (N-methyl/N-ethyl adjacent to an activating group) is 1. The van der Waals surface area contributed by atoms with Crippen LogP contribution in [0.4, 0.5) is 0 Å². The molecule has 25 heavy (non-hydrogen) atoms. The highest BCUT2D eigenvalue weighted by atomic mass is 16.5. The van der Waals surface area contributed by atoms with E-state index in [2.05, 4.69) is 10.00 Å². The average molecular weight is 343 g/mol. The number of benzene rings is 1.